The van der Waals surface area contributed by atoms with Gasteiger partial charge in [-0.15, -0.1) is 5.10 Å². The number of benzene rings is 2. The molecule has 1 N–H and O–H groups in total. The first-order valence-corrected chi connectivity index (χ1v) is 8.80. The predicted molar refractivity (Wildman–Crippen MR) is 98.8 cm³/mol. The number of ether oxygens (including phenoxy) is 1. The van der Waals surface area contributed by atoms with Crippen molar-refractivity contribution in [3.63, 3.8) is 0 Å². The van der Waals surface area contributed by atoms with Crippen LogP contribution in [0.15, 0.2) is 36.4 Å². The maximum atomic E-state index is 13.1. The Bertz CT molecular complexity index is 955. The highest BCUT2D eigenvalue weighted by molar-refractivity contribution is 5.76. The Morgan fingerprint density at radius 1 is 1.22 bits per heavy atom. The van der Waals surface area contributed by atoms with E-state index in [1.165, 1.54) is 0 Å². The van der Waals surface area contributed by atoms with E-state index in [1.54, 1.807) is 29.8 Å². The van der Waals surface area contributed by atoms with E-state index in [4.69, 9.17) is 4.74 Å². The lowest BCUT2D eigenvalue weighted by atomic mass is 9.86. The van der Waals surface area contributed by atoms with Crippen LogP contribution >= 0.6 is 0 Å². The smallest absolute Gasteiger partial charge is 0.306 e. The van der Waals surface area contributed by atoms with Gasteiger partial charge in [0.1, 0.15) is 12.2 Å². The second-order valence-corrected chi connectivity index (χ2v) is 6.34. The Balaban J connectivity index is 2.05. The summed E-state index contributed by atoms with van der Waals surface area (Å²) in [5, 5.41) is 17.7. The fraction of sp³-hybridized carbons (Fsp3) is 0.350. The molecule has 1 atom stereocenters. The molecule has 0 aliphatic carbocycles. The van der Waals surface area contributed by atoms with Crippen molar-refractivity contribution in [3.05, 3.63) is 58.7 Å². The number of aromatic nitrogens is 3. The molecule has 1 heterocycles. The van der Waals surface area contributed by atoms with E-state index in [-0.39, 0.29) is 24.9 Å². The first-order valence-electron chi connectivity index (χ1n) is 8.80. The van der Waals surface area contributed by atoms with Crippen LogP contribution in [0.4, 0.5) is 4.39 Å². The third-order valence-corrected chi connectivity index (χ3v) is 4.66. The third-order valence-electron chi connectivity index (χ3n) is 4.66. The maximum Gasteiger partial charge on any atom is 0.306 e. The zero-order valence-electron chi connectivity index (χ0n) is 15.4. The van der Waals surface area contributed by atoms with E-state index in [0.29, 0.717) is 17.7 Å². The summed E-state index contributed by atoms with van der Waals surface area (Å²) in [5.74, 6) is -0.615. The van der Waals surface area contributed by atoms with Crippen LogP contribution in [-0.2, 0) is 29.9 Å². The minimum Gasteiger partial charge on any atom is -0.466 e. The van der Waals surface area contributed by atoms with Gasteiger partial charge >= 0.3 is 5.97 Å². The number of halogens is 1. The van der Waals surface area contributed by atoms with Crippen molar-refractivity contribution in [3.8, 4) is 0 Å². The standard InChI is InChI=1S/C20H22FN3O3/c1-3-27-20(26)10-17(13-4-5-15(11-21)16(8-13)12-25)14-6-7-19-18(9-14)22-23-24(19)2/h4-9,17,25H,3,10-12H2,1-2H3. The summed E-state index contributed by atoms with van der Waals surface area (Å²) in [6, 6.07) is 10.9. The SMILES string of the molecule is CCOC(=O)CC(c1ccc(CF)c(CO)c1)c1ccc2c(c1)nnn2C. The van der Waals surface area contributed by atoms with Crippen LogP contribution in [0.3, 0.4) is 0 Å². The molecule has 0 saturated carbocycles. The highest BCUT2D eigenvalue weighted by Gasteiger charge is 2.21. The summed E-state index contributed by atoms with van der Waals surface area (Å²) in [6.45, 7) is 1.16. The molecule has 0 radical (unpaired) electrons. The number of rotatable bonds is 7. The van der Waals surface area contributed by atoms with E-state index in [9.17, 15) is 14.3 Å². The number of aliphatic hydroxyl groups is 1. The van der Waals surface area contributed by atoms with Crippen molar-refractivity contribution in [2.24, 2.45) is 7.05 Å². The summed E-state index contributed by atoms with van der Waals surface area (Å²) in [5.41, 5.74) is 4.27. The molecule has 142 valence electrons. The fourth-order valence-electron chi connectivity index (χ4n) is 3.23. The normalized spacial score (nSPS) is 12.3. The Morgan fingerprint density at radius 3 is 2.67 bits per heavy atom. The summed E-state index contributed by atoms with van der Waals surface area (Å²) < 4.78 is 19.9. The molecule has 0 spiro atoms. The molecule has 0 saturated heterocycles. The number of esters is 1. The van der Waals surface area contributed by atoms with Crippen LogP contribution < -0.4 is 0 Å². The van der Waals surface area contributed by atoms with Crippen molar-refractivity contribution in [1.29, 1.82) is 0 Å². The van der Waals surface area contributed by atoms with Gasteiger partial charge in [0.15, 0.2) is 0 Å². The van der Waals surface area contributed by atoms with Crippen LogP contribution in [0.1, 0.15) is 41.5 Å². The monoisotopic (exact) mass is 371 g/mol. The minimum atomic E-state index is -0.649. The molecule has 1 aromatic heterocycles. The lowest BCUT2D eigenvalue weighted by Crippen LogP contribution is -2.12. The number of carbonyl (C=O) groups is 1. The van der Waals surface area contributed by atoms with E-state index in [1.807, 2.05) is 25.2 Å². The van der Waals surface area contributed by atoms with Gasteiger partial charge in [0.05, 0.1) is 25.2 Å². The minimum absolute atomic E-state index is 0.138. The largest absolute Gasteiger partial charge is 0.466 e. The Labute approximate surface area is 156 Å². The topological polar surface area (TPSA) is 77.2 Å². The van der Waals surface area contributed by atoms with Gasteiger partial charge in [-0.3, -0.25) is 4.79 Å². The zero-order chi connectivity index (χ0) is 19.4. The second-order valence-electron chi connectivity index (χ2n) is 6.34. The molecule has 0 bridgehead atoms. The van der Waals surface area contributed by atoms with Gasteiger partial charge in [-0.1, -0.05) is 29.5 Å². The number of alkyl halides is 1. The van der Waals surface area contributed by atoms with Gasteiger partial charge in [0, 0.05) is 13.0 Å². The van der Waals surface area contributed by atoms with Gasteiger partial charge in [-0.05, 0) is 41.3 Å². The number of hydrogen-bond acceptors (Lipinski definition) is 5. The summed E-state index contributed by atoms with van der Waals surface area (Å²) in [6.07, 6.45) is 0.138. The number of nitrogens with zero attached hydrogens (tertiary/aromatic N) is 3. The van der Waals surface area contributed by atoms with Crippen molar-refractivity contribution in [1.82, 2.24) is 15.0 Å². The number of fused-ring (bicyclic) bond motifs is 1. The highest BCUT2D eigenvalue weighted by atomic mass is 19.1. The second kappa shape index (κ2) is 8.26. The first-order chi connectivity index (χ1) is 13.1. The number of carbonyl (C=O) groups excluding carboxylic acids is 1. The van der Waals surface area contributed by atoms with Gasteiger partial charge < -0.3 is 9.84 Å². The van der Waals surface area contributed by atoms with Gasteiger partial charge in [0.25, 0.3) is 0 Å². The lowest BCUT2D eigenvalue weighted by Gasteiger charge is -2.19. The molecule has 1 unspecified atom stereocenters. The van der Waals surface area contributed by atoms with E-state index < -0.39 is 6.67 Å². The molecular formula is C20H22FN3O3. The third kappa shape index (κ3) is 3.98. The van der Waals surface area contributed by atoms with Crippen molar-refractivity contribution in [2.45, 2.75) is 32.5 Å². The number of hydrogen-bond donors (Lipinski definition) is 1. The van der Waals surface area contributed by atoms with Crippen molar-refractivity contribution >= 4 is 17.0 Å². The van der Waals surface area contributed by atoms with Crippen LogP contribution in [-0.4, -0.2) is 32.7 Å². The molecule has 0 aliphatic rings. The van der Waals surface area contributed by atoms with E-state index in [0.717, 1.165) is 22.2 Å². The molecule has 0 aliphatic heterocycles. The van der Waals surface area contributed by atoms with Crippen LogP contribution in [0.2, 0.25) is 0 Å². The van der Waals surface area contributed by atoms with Crippen LogP contribution in [0, 0.1) is 0 Å². The van der Waals surface area contributed by atoms with Gasteiger partial charge in [-0.25, -0.2) is 9.07 Å². The molecule has 3 rings (SSSR count). The molecule has 0 amide bonds. The maximum absolute atomic E-state index is 13.1. The Morgan fingerprint density at radius 2 is 1.96 bits per heavy atom. The molecule has 0 fully saturated rings. The highest BCUT2D eigenvalue weighted by Crippen LogP contribution is 2.32. The lowest BCUT2D eigenvalue weighted by molar-refractivity contribution is -0.143. The average molecular weight is 371 g/mol. The average Bonchev–Trinajstić information content (AvgIpc) is 3.06. The zero-order valence-corrected chi connectivity index (χ0v) is 15.4. The Kier molecular flexibility index (Phi) is 5.81. The molecule has 2 aromatic carbocycles. The van der Waals surface area contributed by atoms with Crippen molar-refractivity contribution in [2.75, 3.05) is 6.61 Å². The summed E-state index contributed by atoms with van der Waals surface area (Å²) in [7, 11) is 1.81. The quantitative estimate of drug-likeness (QED) is 0.646. The van der Waals surface area contributed by atoms with Gasteiger partial charge in [-0.2, -0.15) is 0 Å². The Hall–Kier alpha value is -2.80. The molecule has 3 aromatic rings. The molecule has 27 heavy (non-hydrogen) atoms. The van der Waals surface area contributed by atoms with Crippen LogP contribution in [0.5, 0.6) is 0 Å². The van der Waals surface area contributed by atoms with E-state index in [2.05, 4.69) is 10.3 Å². The molecule has 7 heteroatoms. The summed E-state index contributed by atoms with van der Waals surface area (Å²) >= 11 is 0. The van der Waals surface area contributed by atoms with Crippen LogP contribution in [0.25, 0.3) is 11.0 Å². The first kappa shape index (κ1) is 19.0. The van der Waals surface area contributed by atoms with Crippen molar-refractivity contribution < 1.29 is 19.0 Å². The van der Waals surface area contributed by atoms with E-state index >= 15 is 0 Å². The molecular weight excluding hydrogens is 349 g/mol. The number of aryl methyl sites for hydroxylation is 1. The number of aliphatic hydroxyl groups excluding tert-OH is 1. The summed E-state index contributed by atoms with van der Waals surface area (Å²) in [4.78, 5) is 12.2. The van der Waals surface area contributed by atoms with Gasteiger partial charge in [0.2, 0.25) is 0 Å². The predicted octanol–water partition coefficient (Wildman–Crippen LogP) is 3.02. The molecule has 6 nitrogen and oxygen atoms in total. The fourth-order valence-corrected chi connectivity index (χ4v) is 3.23.